The molecule has 2 N–H and O–H groups in total. The van der Waals surface area contributed by atoms with E-state index in [0.29, 0.717) is 5.56 Å². The van der Waals surface area contributed by atoms with Crippen molar-refractivity contribution < 1.29 is 9.90 Å². The molecule has 0 saturated heterocycles. The fourth-order valence-electron chi connectivity index (χ4n) is 2.24. The lowest BCUT2D eigenvalue weighted by Crippen LogP contribution is -2.41. The maximum Gasteiger partial charge on any atom is 0.252 e. The fourth-order valence-corrected chi connectivity index (χ4v) is 2.86. The molecule has 0 heterocycles. The Hall–Kier alpha value is -1.52. The number of nitrogens with one attached hydrogen (secondary N) is 1. The lowest BCUT2D eigenvalue weighted by Gasteiger charge is -2.21. The molecule has 2 aromatic carbocycles. The summed E-state index contributed by atoms with van der Waals surface area (Å²) in [6, 6.07) is 13.5. The SMILES string of the molecule is CSC(CO)C(C)NC(=O)c1cccc2ccccc12. The minimum absolute atomic E-state index is 0.00827. The van der Waals surface area contributed by atoms with Crippen molar-refractivity contribution >= 4 is 28.4 Å². The van der Waals surface area contributed by atoms with E-state index in [2.05, 4.69) is 5.32 Å². The number of fused-ring (bicyclic) bond motifs is 1. The Bertz CT molecular complexity index is 591. The third kappa shape index (κ3) is 3.14. The van der Waals surface area contributed by atoms with E-state index < -0.39 is 0 Å². The molecule has 106 valence electrons. The first kappa shape index (κ1) is 14.9. The highest BCUT2D eigenvalue weighted by molar-refractivity contribution is 7.99. The largest absolute Gasteiger partial charge is 0.395 e. The van der Waals surface area contributed by atoms with Crippen molar-refractivity contribution in [3.05, 3.63) is 48.0 Å². The number of carbonyl (C=O) groups is 1. The molecule has 0 aliphatic carbocycles. The summed E-state index contributed by atoms with van der Waals surface area (Å²) < 4.78 is 0. The van der Waals surface area contributed by atoms with Crippen LogP contribution in [0.5, 0.6) is 0 Å². The first-order chi connectivity index (χ1) is 9.67. The topological polar surface area (TPSA) is 49.3 Å². The molecule has 3 nitrogen and oxygen atoms in total. The summed E-state index contributed by atoms with van der Waals surface area (Å²) in [7, 11) is 0. The van der Waals surface area contributed by atoms with Gasteiger partial charge in [-0.1, -0.05) is 36.4 Å². The third-order valence-corrected chi connectivity index (χ3v) is 4.60. The zero-order chi connectivity index (χ0) is 14.5. The fraction of sp³-hybridized carbons (Fsp3) is 0.312. The second kappa shape index (κ2) is 6.77. The van der Waals surface area contributed by atoms with Crippen molar-refractivity contribution in [3.8, 4) is 0 Å². The van der Waals surface area contributed by atoms with Crippen LogP contribution in [0, 0.1) is 0 Å². The number of rotatable bonds is 5. The van der Waals surface area contributed by atoms with Gasteiger partial charge < -0.3 is 10.4 Å². The molecule has 2 rings (SSSR count). The van der Waals surface area contributed by atoms with Crippen LogP contribution in [0.1, 0.15) is 17.3 Å². The van der Waals surface area contributed by atoms with E-state index in [4.69, 9.17) is 0 Å². The Labute approximate surface area is 123 Å². The molecule has 20 heavy (non-hydrogen) atoms. The molecule has 2 unspecified atom stereocenters. The maximum atomic E-state index is 12.4. The molecule has 0 aromatic heterocycles. The Morgan fingerprint density at radius 2 is 1.95 bits per heavy atom. The number of aliphatic hydroxyl groups excluding tert-OH is 1. The summed E-state index contributed by atoms with van der Waals surface area (Å²) in [5, 5.41) is 14.3. The smallest absolute Gasteiger partial charge is 0.252 e. The number of benzene rings is 2. The molecular formula is C16H19NO2S. The number of aliphatic hydroxyl groups is 1. The van der Waals surface area contributed by atoms with Crippen LogP contribution in [0.3, 0.4) is 0 Å². The summed E-state index contributed by atoms with van der Waals surface area (Å²) >= 11 is 1.55. The van der Waals surface area contributed by atoms with E-state index in [-0.39, 0.29) is 23.8 Å². The second-order valence-corrected chi connectivity index (χ2v) is 5.82. The second-order valence-electron chi connectivity index (χ2n) is 4.75. The van der Waals surface area contributed by atoms with Gasteiger partial charge in [0.05, 0.1) is 6.61 Å². The average Bonchev–Trinajstić information content (AvgIpc) is 2.47. The zero-order valence-corrected chi connectivity index (χ0v) is 12.5. The highest BCUT2D eigenvalue weighted by Gasteiger charge is 2.19. The molecule has 0 saturated carbocycles. The van der Waals surface area contributed by atoms with Crippen LogP contribution in [0.15, 0.2) is 42.5 Å². The van der Waals surface area contributed by atoms with Gasteiger partial charge in [0.15, 0.2) is 0 Å². The minimum Gasteiger partial charge on any atom is -0.395 e. The Morgan fingerprint density at radius 1 is 1.25 bits per heavy atom. The summed E-state index contributed by atoms with van der Waals surface area (Å²) in [6.45, 7) is 1.97. The number of carbonyl (C=O) groups excluding carboxylic acids is 1. The lowest BCUT2D eigenvalue weighted by atomic mass is 10.0. The van der Waals surface area contributed by atoms with Crippen molar-refractivity contribution in [1.29, 1.82) is 0 Å². The van der Waals surface area contributed by atoms with Crippen molar-refractivity contribution in [2.45, 2.75) is 18.2 Å². The van der Waals surface area contributed by atoms with E-state index in [1.807, 2.05) is 55.6 Å². The lowest BCUT2D eigenvalue weighted by molar-refractivity contribution is 0.0937. The van der Waals surface area contributed by atoms with Gasteiger partial charge in [0.1, 0.15) is 0 Å². The molecule has 0 aliphatic heterocycles. The molecule has 1 amide bonds. The van der Waals surface area contributed by atoms with Crippen LogP contribution in [0.2, 0.25) is 0 Å². The predicted octanol–water partition coefficient (Wildman–Crippen LogP) is 2.68. The number of hydrogen-bond acceptors (Lipinski definition) is 3. The molecule has 0 bridgehead atoms. The minimum atomic E-state index is -0.0956. The summed E-state index contributed by atoms with van der Waals surface area (Å²) in [6.07, 6.45) is 1.93. The van der Waals surface area contributed by atoms with Gasteiger partial charge in [-0.3, -0.25) is 4.79 Å². The highest BCUT2D eigenvalue weighted by atomic mass is 32.2. The molecule has 4 heteroatoms. The van der Waals surface area contributed by atoms with E-state index in [1.165, 1.54) is 0 Å². The van der Waals surface area contributed by atoms with E-state index in [0.717, 1.165) is 10.8 Å². The predicted molar refractivity (Wildman–Crippen MR) is 85.3 cm³/mol. The molecule has 0 aliphatic rings. The van der Waals surface area contributed by atoms with Crippen LogP contribution in [-0.2, 0) is 0 Å². The van der Waals surface area contributed by atoms with Gasteiger partial charge in [-0.05, 0) is 30.0 Å². The quantitative estimate of drug-likeness (QED) is 0.889. The monoisotopic (exact) mass is 289 g/mol. The standard InChI is InChI=1S/C16H19NO2S/c1-11(15(10-18)20-2)17-16(19)14-9-5-7-12-6-3-4-8-13(12)14/h3-9,11,15,18H,10H2,1-2H3,(H,17,19). The molecule has 0 radical (unpaired) electrons. The zero-order valence-electron chi connectivity index (χ0n) is 11.7. The first-order valence-corrected chi connectivity index (χ1v) is 7.88. The van der Waals surface area contributed by atoms with Gasteiger partial charge in [0.2, 0.25) is 0 Å². The summed E-state index contributed by atoms with van der Waals surface area (Å²) in [5.74, 6) is -0.0956. The van der Waals surface area contributed by atoms with Gasteiger partial charge in [-0.25, -0.2) is 0 Å². The molecule has 2 atom stereocenters. The van der Waals surface area contributed by atoms with Crippen molar-refractivity contribution in [1.82, 2.24) is 5.32 Å². The Balaban J connectivity index is 2.24. The normalized spacial score (nSPS) is 13.9. The van der Waals surface area contributed by atoms with Crippen LogP contribution in [0.25, 0.3) is 10.8 Å². The van der Waals surface area contributed by atoms with Gasteiger partial charge in [-0.15, -0.1) is 0 Å². The number of thioether (sulfide) groups is 1. The van der Waals surface area contributed by atoms with E-state index in [1.54, 1.807) is 11.8 Å². The van der Waals surface area contributed by atoms with E-state index in [9.17, 15) is 9.90 Å². The van der Waals surface area contributed by atoms with Crippen molar-refractivity contribution in [3.63, 3.8) is 0 Å². The Morgan fingerprint density at radius 3 is 2.65 bits per heavy atom. The van der Waals surface area contributed by atoms with Crippen LogP contribution >= 0.6 is 11.8 Å². The molecule has 2 aromatic rings. The van der Waals surface area contributed by atoms with Gasteiger partial charge in [-0.2, -0.15) is 11.8 Å². The van der Waals surface area contributed by atoms with Gasteiger partial charge in [0, 0.05) is 16.9 Å². The van der Waals surface area contributed by atoms with Crippen molar-refractivity contribution in [2.24, 2.45) is 0 Å². The summed E-state index contributed by atoms with van der Waals surface area (Å²) in [4.78, 5) is 12.4. The highest BCUT2D eigenvalue weighted by Crippen LogP contribution is 2.19. The molecule has 0 fully saturated rings. The number of hydrogen-bond donors (Lipinski definition) is 2. The van der Waals surface area contributed by atoms with Crippen molar-refractivity contribution in [2.75, 3.05) is 12.9 Å². The number of amides is 1. The molecular weight excluding hydrogens is 270 g/mol. The summed E-state index contributed by atoms with van der Waals surface area (Å²) in [5.41, 5.74) is 0.674. The average molecular weight is 289 g/mol. The van der Waals surface area contributed by atoms with Crippen LogP contribution in [-0.4, -0.2) is 35.2 Å². The Kier molecular flexibility index (Phi) is 5.04. The van der Waals surface area contributed by atoms with Gasteiger partial charge in [0.25, 0.3) is 5.91 Å². The first-order valence-electron chi connectivity index (χ1n) is 6.59. The van der Waals surface area contributed by atoms with Crippen LogP contribution < -0.4 is 5.32 Å². The van der Waals surface area contributed by atoms with E-state index >= 15 is 0 Å². The molecule has 0 spiro atoms. The van der Waals surface area contributed by atoms with Crippen LogP contribution in [0.4, 0.5) is 0 Å². The van der Waals surface area contributed by atoms with Gasteiger partial charge >= 0.3 is 0 Å². The third-order valence-electron chi connectivity index (χ3n) is 3.43. The maximum absolute atomic E-state index is 12.4.